The molecule has 104 valence electrons. The minimum absolute atomic E-state index is 0.0549. The van der Waals surface area contributed by atoms with E-state index < -0.39 is 28.7 Å². The van der Waals surface area contributed by atoms with Crippen molar-refractivity contribution in [2.75, 3.05) is 0 Å². The minimum Gasteiger partial charge on any atom is -0.304 e. The third-order valence-electron chi connectivity index (χ3n) is 2.75. The molecule has 0 bridgehead atoms. The average Bonchev–Trinajstić information content (AvgIpc) is 2.35. The maximum absolute atomic E-state index is 13.1. The zero-order chi connectivity index (χ0) is 14.9. The predicted octanol–water partition coefficient (Wildman–Crippen LogP) is 1.13. The van der Waals surface area contributed by atoms with Gasteiger partial charge in [0.1, 0.15) is 11.6 Å². The number of H-pyrrole nitrogens is 2. The van der Waals surface area contributed by atoms with Crippen LogP contribution in [-0.4, -0.2) is 15.8 Å². The quantitative estimate of drug-likeness (QED) is 0.827. The summed E-state index contributed by atoms with van der Waals surface area (Å²) >= 11 is 0. The first kappa shape index (κ1) is 13.9. The number of aromatic nitrogens is 2. The van der Waals surface area contributed by atoms with E-state index in [1.54, 1.807) is 6.92 Å². The molecule has 0 unspecified atom stereocenters. The molecule has 0 aliphatic heterocycles. The number of carbonyl (C=O) groups is 1. The Hall–Kier alpha value is -2.57. The highest BCUT2D eigenvalue weighted by Gasteiger charge is 2.18. The van der Waals surface area contributed by atoms with Gasteiger partial charge in [0.05, 0.1) is 5.69 Å². The van der Waals surface area contributed by atoms with Crippen molar-refractivity contribution in [1.82, 2.24) is 9.97 Å². The van der Waals surface area contributed by atoms with Crippen LogP contribution in [0.2, 0.25) is 0 Å². The largest absolute Gasteiger partial charge is 0.326 e. The zero-order valence-electron chi connectivity index (χ0n) is 10.4. The number of nitrogens with one attached hydrogen (secondary N) is 2. The number of ketones is 1. The van der Waals surface area contributed by atoms with Gasteiger partial charge in [-0.3, -0.25) is 14.6 Å². The van der Waals surface area contributed by atoms with Gasteiger partial charge in [0.15, 0.2) is 0 Å². The van der Waals surface area contributed by atoms with Crippen LogP contribution in [0.15, 0.2) is 27.8 Å². The Labute approximate surface area is 111 Å². The van der Waals surface area contributed by atoms with Gasteiger partial charge in [-0.2, -0.15) is 0 Å². The summed E-state index contributed by atoms with van der Waals surface area (Å²) in [6.45, 7) is 1.62. The fourth-order valence-corrected chi connectivity index (χ4v) is 1.87. The standard InChI is InChI=1S/C13H10F2N2O3/c1-2-9-10(16-13(20)17-12(9)19)11(18)6-3-7(14)5-8(15)4-6/h3-5H,2H2,1H3,(H2,16,17,19,20). The van der Waals surface area contributed by atoms with Crippen molar-refractivity contribution in [2.45, 2.75) is 13.3 Å². The van der Waals surface area contributed by atoms with Crippen LogP contribution in [0.1, 0.15) is 28.5 Å². The molecule has 0 fully saturated rings. The van der Waals surface area contributed by atoms with E-state index >= 15 is 0 Å². The summed E-state index contributed by atoms with van der Waals surface area (Å²) in [4.78, 5) is 39.2. The van der Waals surface area contributed by atoms with Gasteiger partial charge < -0.3 is 4.98 Å². The molecule has 0 aliphatic rings. The SMILES string of the molecule is CCc1c(C(=O)c2cc(F)cc(F)c2)[nH]c(=O)[nH]c1=O. The number of aromatic amines is 2. The summed E-state index contributed by atoms with van der Waals surface area (Å²) in [5.41, 5.74) is -2.03. The van der Waals surface area contributed by atoms with Gasteiger partial charge in [-0.05, 0) is 18.6 Å². The second-order valence-corrected chi connectivity index (χ2v) is 4.10. The van der Waals surface area contributed by atoms with Crippen LogP contribution < -0.4 is 11.2 Å². The normalized spacial score (nSPS) is 10.6. The van der Waals surface area contributed by atoms with Crippen LogP contribution in [0.4, 0.5) is 8.78 Å². The maximum atomic E-state index is 13.1. The van der Waals surface area contributed by atoms with Crippen LogP contribution >= 0.6 is 0 Å². The second kappa shape index (κ2) is 5.20. The van der Waals surface area contributed by atoms with Crippen molar-refractivity contribution in [3.05, 3.63) is 67.5 Å². The smallest absolute Gasteiger partial charge is 0.304 e. The summed E-state index contributed by atoms with van der Waals surface area (Å²) in [6, 6.07) is 2.30. The first-order valence-electron chi connectivity index (χ1n) is 5.78. The molecule has 7 heteroatoms. The van der Waals surface area contributed by atoms with Gasteiger partial charge in [-0.15, -0.1) is 0 Å². The Morgan fingerprint density at radius 2 is 1.70 bits per heavy atom. The molecule has 0 saturated carbocycles. The fourth-order valence-electron chi connectivity index (χ4n) is 1.87. The molecule has 2 rings (SSSR count). The van der Waals surface area contributed by atoms with Crippen molar-refractivity contribution in [1.29, 1.82) is 0 Å². The number of hydrogen-bond donors (Lipinski definition) is 2. The number of carbonyl (C=O) groups excluding carboxylic acids is 1. The number of hydrogen-bond acceptors (Lipinski definition) is 3. The van der Waals surface area contributed by atoms with E-state index in [4.69, 9.17) is 0 Å². The van der Waals surface area contributed by atoms with Gasteiger partial charge in [0.25, 0.3) is 5.56 Å². The molecule has 0 spiro atoms. The summed E-state index contributed by atoms with van der Waals surface area (Å²) < 4.78 is 26.2. The number of halogens is 2. The molecule has 0 atom stereocenters. The van der Waals surface area contributed by atoms with Gasteiger partial charge in [-0.25, -0.2) is 13.6 Å². The number of benzene rings is 1. The topological polar surface area (TPSA) is 82.8 Å². The summed E-state index contributed by atoms with van der Waals surface area (Å²) in [7, 11) is 0. The monoisotopic (exact) mass is 280 g/mol. The predicted molar refractivity (Wildman–Crippen MR) is 66.9 cm³/mol. The van der Waals surface area contributed by atoms with E-state index in [1.165, 1.54) is 0 Å². The Bertz CT molecular complexity index is 773. The fraction of sp³-hybridized carbons (Fsp3) is 0.154. The van der Waals surface area contributed by atoms with Crippen molar-refractivity contribution < 1.29 is 13.6 Å². The lowest BCUT2D eigenvalue weighted by atomic mass is 10.0. The minimum atomic E-state index is -0.918. The molecular formula is C13H10F2N2O3. The lowest BCUT2D eigenvalue weighted by molar-refractivity contribution is 0.103. The zero-order valence-corrected chi connectivity index (χ0v) is 10.4. The highest BCUT2D eigenvalue weighted by molar-refractivity contribution is 6.08. The number of rotatable bonds is 3. The third kappa shape index (κ3) is 2.56. The molecule has 2 N–H and O–H groups in total. The van der Waals surface area contributed by atoms with E-state index in [1.807, 2.05) is 4.98 Å². The molecule has 1 heterocycles. The van der Waals surface area contributed by atoms with Crippen molar-refractivity contribution in [3.63, 3.8) is 0 Å². The van der Waals surface area contributed by atoms with Gasteiger partial charge in [0, 0.05) is 17.2 Å². The molecule has 2 aromatic rings. The molecule has 1 aromatic heterocycles. The molecule has 0 amide bonds. The maximum Gasteiger partial charge on any atom is 0.326 e. The average molecular weight is 280 g/mol. The highest BCUT2D eigenvalue weighted by atomic mass is 19.1. The Morgan fingerprint density at radius 1 is 1.10 bits per heavy atom. The Kier molecular flexibility index (Phi) is 3.60. The molecule has 1 aromatic carbocycles. The van der Waals surface area contributed by atoms with Crippen molar-refractivity contribution in [3.8, 4) is 0 Å². The molecule has 5 nitrogen and oxygen atoms in total. The third-order valence-corrected chi connectivity index (χ3v) is 2.75. The highest BCUT2D eigenvalue weighted by Crippen LogP contribution is 2.13. The molecule has 0 radical (unpaired) electrons. The lowest BCUT2D eigenvalue weighted by Gasteiger charge is -2.06. The van der Waals surface area contributed by atoms with Crippen LogP contribution in [-0.2, 0) is 6.42 Å². The van der Waals surface area contributed by atoms with Crippen LogP contribution in [0, 0.1) is 11.6 Å². The summed E-state index contributed by atoms with van der Waals surface area (Å²) in [5, 5.41) is 0. The van der Waals surface area contributed by atoms with E-state index in [0.717, 1.165) is 12.1 Å². The molecule has 0 saturated heterocycles. The molecule has 20 heavy (non-hydrogen) atoms. The van der Waals surface area contributed by atoms with Gasteiger partial charge in [-0.1, -0.05) is 6.92 Å². The van der Waals surface area contributed by atoms with Crippen LogP contribution in [0.25, 0.3) is 0 Å². The first-order valence-corrected chi connectivity index (χ1v) is 5.78. The lowest BCUT2D eigenvalue weighted by Crippen LogP contribution is -2.30. The van der Waals surface area contributed by atoms with Crippen LogP contribution in [0.5, 0.6) is 0 Å². The second-order valence-electron chi connectivity index (χ2n) is 4.10. The van der Waals surface area contributed by atoms with E-state index in [0.29, 0.717) is 6.07 Å². The van der Waals surface area contributed by atoms with E-state index in [-0.39, 0.29) is 23.2 Å². The summed E-state index contributed by atoms with van der Waals surface area (Å²) in [6.07, 6.45) is 0.186. The van der Waals surface area contributed by atoms with Crippen molar-refractivity contribution in [2.24, 2.45) is 0 Å². The van der Waals surface area contributed by atoms with Crippen LogP contribution in [0.3, 0.4) is 0 Å². The first-order chi connectivity index (χ1) is 9.42. The Balaban J connectivity index is 2.64. The van der Waals surface area contributed by atoms with Crippen molar-refractivity contribution >= 4 is 5.78 Å². The molecule has 0 aliphatic carbocycles. The van der Waals surface area contributed by atoms with E-state index in [9.17, 15) is 23.2 Å². The Morgan fingerprint density at radius 3 is 2.25 bits per heavy atom. The molecular weight excluding hydrogens is 270 g/mol. The summed E-state index contributed by atoms with van der Waals surface area (Å²) in [5.74, 6) is -2.65. The van der Waals surface area contributed by atoms with Gasteiger partial charge >= 0.3 is 5.69 Å². The van der Waals surface area contributed by atoms with Gasteiger partial charge in [0.2, 0.25) is 5.78 Å². The van der Waals surface area contributed by atoms with E-state index in [2.05, 4.69) is 4.98 Å².